The Morgan fingerprint density at radius 2 is 2.00 bits per heavy atom. The normalized spacial score (nSPS) is 16.2. The summed E-state index contributed by atoms with van der Waals surface area (Å²) in [4.78, 5) is 6.13. The van der Waals surface area contributed by atoms with Crippen molar-refractivity contribution in [3.05, 3.63) is 32.7 Å². The first kappa shape index (κ1) is 20.2. The topological polar surface area (TPSA) is 82.8 Å². The maximum atomic E-state index is 12.7. The number of thiocarbonyl (C=S) groups is 1. The molecule has 1 N–H and O–H groups in total. The van der Waals surface area contributed by atoms with Crippen LogP contribution in [0, 0.1) is 3.95 Å². The van der Waals surface area contributed by atoms with Crippen LogP contribution in [0.4, 0.5) is 5.95 Å². The Morgan fingerprint density at radius 3 is 2.75 bits per heavy atom. The number of fused-ring (bicyclic) bond motifs is 1. The Labute approximate surface area is 189 Å². The van der Waals surface area contributed by atoms with Crippen LogP contribution in [0.25, 0.3) is 0 Å². The van der Waals surface area contributed by atoms with Crippen LogP contribution < -0.4 is 9.03 Å². The highest BCUT2D eigenvalue weighted by Gasteiger charge is 2.30. The fourth-order valence-electron chi connectivity index (χ4n) is 2.66. The van der Waals surface area contributed by atoms with E-state index in [0.29, 0.717) is 17.4 Å². The second-order valence-electron chi connectivity index (χ2n) is 5.78. The van der Waals surface area contributed by atoms with Crippen LogP contribution >= 0.6 is 63.8 Å². The van der Waals surface area contributed by atoms with Crippen LogP contribution in [0.2, 0.25) is 0 Å². The number of rotatable bonds is 3. The SMILES string of the molecule is O=S(=O)(NC1=NCCN1C(=S)SN1CCn2c1nsc2=S)c1ccc(Br)cc1. The minimum atomic E-state index is -3.75. The van der Waals surface area contributed by atoms with E-state index in [0.717, 1.165) is 27.5 Å². The fourth-order valence-corrected chi connectivity index (χ4v) is 6.22. The van der Waals surface area contributed by atoms with Gasteiger partial charge in [0.1, 0.15) is 0 Å². The maximum Gasteiger partial charge on any atom is 0.264 e. The van der Waals surface area contributed by atoms with Crippen molar-refractivity contribution in [3.63, 3.8) is 0 Å². The summed E-state index contributed by atoms with van der Waals surface area (Å²) in [5.41, 5.74) is 0. The van der Waals surface area contributed by atoms with E-state index in [-0.39, 0.29) is 10.9 Å². The molecule has 0 saturated heterocycles. The standard InChI is InChI=1S/C14H13BrN6O2S5/c15-9-1-3-10(4-2-9)28(22,23)18-11-16-5-6-19(11)14(25)27-21-8-7-20-12(21)17-26-13(20)24/h1-4H,5-8H2,(H,16,18). The van der Waals surface area contributed by atoms with Crippen LogP contribution in [0.3, 0.4) is 0 Å². The highest BCUT2D eigenvalue weighted by molar-refractivity contribution is 9.10. The zero-order chi connectivity index (χ0) is 19.9. The average molecular weight is 538 g/mol. The molecule has 0 fully saturated rings. The number of nitrogens with one attached hydrogen (secondary N) is 1. The molecule has 0 aliphatic carbocycles. The van der Waals surface area contributed by atoms with Crippen molar-refractivity contribution in [2.45, 2.75) is 11.4 Å². The lowest BCUT2D eigenvalue weighted by atomic mass is 10.4. The minimum absolute atomic E-state index is 0.157. The van der Waals surface area contributed by atoms with E-state index < -0.39 is 10.0 Å². The van der Waals surface area contributed by atoms with Gasteiger partial charge >= 0.3 is 0 Å². The summed E-state index contributed by atoms with van der Waals surface area (Å²) >= 11 is 16.7. The molecule has 0 bridgehead atoms. The van der Waals surface area contributed by atoms with Crippen molar-refractivity contribution in [2.24, 2.45) is 4.99 Å². The third kappa shape index (κ3) is 3.98. The molecule has 8 nitrogen and oxygen atoms in total. The van der Waals surface area contributed by atoms with Gasteiger partial charge in [-0.15, -0.1) is 0 Å². The van der Waals surface area contributed by atoms with Gasteiger partial charge in [0, 0.05) is 29.5 Å². The Balaban J connectivity index is 1.47. The fraction of sp³-hybridized carbons (Fsp3) is 0.286. The van der Waals surface area contributed by atoms with Crippen molar-refractivity contribution < 1.29 is 8.42 Å². The molecule has 4 rings (SSSR count). The monoisotopic (exact) mass is 536 g/mol. The van der Waals surface area contributed by atoms with Gasteiger partial charge in [0.2, 0.25) is 11.9 Å². The lowest BCUT2D eigenvalue weighted by Crippen LogP contribution is -2.44. The average Bonchev–Trinajstić information content (AvgIpc) is 3.35. The molecule has 148 valence electrons. The Kier molecular flexibility index (Phi) is 5.77. The molecule has 3 heterocycles. The predicted molar refractivity (Wildman–Crippen MR) is 122 cm³/mol. The molecule has 0 amide bonds. The lowest BCUT2D eigenvalue weighted by Gasteiger charge is -2.23. The Bertz CT molecular complexity index is 1110. The van der Waals surface area contributed by atoms with E-state index >= 15 is 0 Å². The number of benzene rings is 1. The summed E-state index contributed by atoms with van der Waals surface area (Å²) in [6.07, 6.45) is 0. The summed E-state index contributed by atoms with van der Waals surface area (Å²) in [5.74, 6) is 1.00. The van der Waals surface area contributed by atoms with Crippen molar-refractivity contribution in [1.82, 2.24) is 18.6 Å². The quantitative estimate of drug-likeness (QED) is 0.473. The second-order valence-corrected chi connectivity index (χ2v) is 11.4. The molecule has 0 unspecified atom stereocenters. The zero-order valence-electron chi connectivity index (χ0n) is 14.1. The summed E-state index contributed by atoms with van der Waals surface area (Å²) in [6.45, 7) is 2.47. The number of sulfonamides is 1. The second kappa shape index (κ2) is 7.99. The summed E-state index contributed by atoms with van der Waals surface area (Å²) in [7, 11) is -3.75. The van der Waals surface area contributed by atoms with Crippen molar-refractivity contribution in [1.29, 1.82) is 0 Å². The van der Waals surface area contributed by atoms with Crippen LogP contribution in [-0.2, 0) is 16.6 Å². The Morgan fingerprint density at radius 1 is 1.25 bits per heavy atom. The van der Waals surface area contributed by atoms with E-state index in [1.165, 1.54) is 35.6 Å². The molecule has 28 heavy (non-hydrogen) atoms. The summed E-state index contributed by atoms with van der Waals surface area (Å²) in [6, 6.07) is 6.40. The third-order valence-corrected chi connectivity index (χ3v) is 8.35. The van der Waals surface area contributed by atoms with Crippen molar-refractivity contribution in [2.75, 3.05) is 23.9 Å². The maximum absolute atomic E-state index is 12.7. The van der Waals surface area contributed by atoms with E-state index in [4.69, 9.17) is 24.4 Å². The number of hydrogen-bond acceptors (Lipinski definition) is 9. The number of nitrogens with zero attached hydrogens (tertiary/aromatic N) is 5. The number of anilines is 1. The van der Waals surface area contributed by atoms with Crippen LogP contribution in [0.5, 0.6) is 0 Å². The van der Waals surface area contributed by atoms with Gasteiger partial charge in [-0.3, -0.25) is 18.8 Å². The number of aromatic nitrogens is 2. The van der Waals surface area contributed by atoms with Crippen LogP contribution in [0.15, 0.2) is 38.6 Å². The number of guanidine groups is 1. The molecular formula is C14H13BrN6O2S5. The highest BCUT2D eigenvalue weighted by Crippen LogP contribution is 2.30. The largest absolute Gasteiger partial charge is 0.294 e. The lowest BCUT2D eigenvalue weighted by molar-refractivity contribution is 0.588. The van der Waals surface area contributed by atoms with Gasteiger partial charge in [0.05, 0.1) is 18.0 Å². The summed E-state index contributed by atoms with van der Waals surface area (Å²) in [5, 5.41) is 0. The molecule has 1 aromatic carbocycles. The van der Waals surface area contributed by atoms with Gasteiger partial charge in [0.25, 0.3) is 10.0 Å². The Hall–Kier alpha value is -1.06. The molecule has 14 heteroatoms. The smallest absolute Gasteiger partial charge is 0.264 e. The first-order valence-electron chi connectivity index (χ1n) is 8.01. The van der Waals surface area contributed by atoms with Gasteiger partial charge in [0.15, 0.2) is 8.27 Å². The predicted octanol–water partition coefficient (Wildman–Crippen LogP) is 2.84. The molecule has 2 aliphatic heterocycles. The number of hydrogen-bond donors (Lipinski definition) is 1. The summed E-state index contributed by atoms with van der Waals surface area (Å²) < 4.78 is 38.2. The van der Waals surface area contributed by atoms with Crippen molar-refractivity contribution >= 4 is 90.1 Å². The number of halogens is 1. The van der Waals surface area contributed by atoms with Gasteiger partial charge in [-0.25, -0.2) is 13.1 Å². The molecule has 0 saturated carbocycles. The zero-order valence-corrected chi connectivity index (χ0v) is 19.8. The molecule has 2 aliphatic rings. The van der Waals surface area contributed by atoms with E-state index in [1.807, 2.05) is 8.87 Å². The first-order valence-corrected chi connectivity index (χ1v) is 12.7. The molecular weight excluding hydrogens is 524 g/mol. The highest BCUT2D eigenvalue weighted by atomic mass is 79.9. The van der Waals surface area contributed by atoms with Crippen LogP contribution in [-0.4, -0.2) is 52.2 Å². The van der Waals surface area contributed by atoms with Gasteiger partial charge in [-0.1, -0.05) is 28.1 Å². The molecule has 1 aromatic heterocycles. The van der Waals surface area contributed by atoms with E-state index in [9.17, 15) is 8.42 Å². The van der Waals surface area contributed by atoms with E-state index in [2.05, 4.69) is 30.0 Å². The number of aliphatic imine (C=N–C) groups is 1. The molecule has 0 radical (unpaired) electrons. The van der Waals surface area contributed by atoms with Crippen molar-refractivity contribution in [3.8, 4) is 0 Å². The van der Waals surface area contributed by atoms with Gasteiger partial charge < -0.3 is 0 Å². The molecule has 2 aromatic rings. The van der Waals surface area contributed by atoms with E-state index in [1.54, 1.807) is 17.0 Å². The first-order chi connectivity index (χ1) is 13.3. The van der Waals surface area contributed by atoms with Gasteiger partial charge in [-0.2, -0.15) is 4.37 Å². The molecule has 0 spiro atoms. The third-order valence-electron chi connectivity index (χ3n) is 4.02. The van der Waals surface area contributed by atoms with Crippen LogP contribution in [0.1, 0.15) is 0 Å². The van der Waals surface area contributed by atoms with Gasteiger partial charge in [-0.05, 0) is 48.0 Å². The minimum Gasteiger partial charge on any atom is -0.294 e. The molecule has 0 atom stereocenters.